The van der Waals surface area contributed by atoms with Crippen LogP contribution in [0.1, 0.15) is 15.9 Å². The van der Waals surface area contributed by atoms with Gasteiger partial charge >= 0.3 is 0 Å². The third kappa shape index (κ3) is 4.45. The second kappa shape index (κ2) is 7.78. The van der Waals surface area contributed by atoms with Gasteiger partial charge in [-0.1, -0.05) is 41.4 Å². The molecule has 0 atom stereocenters. The van der Waals surface area contributed by atoms with Crippen molar-refractivity contribution in [2.75, 3.05) is 6.61 Å². The van der Waals surface area contributed by atoms with Crippen molar-refractivity contribution in [1.82, 2.24) is 0 Å². The Hall–Kier alpha value is -2.10. The summed E-state index contributed by atoms with van der Waals surface area (Å²) in [5.41, 5.74) is 1.31. The van der Waals surface area contributed by atoms with Gasteiger partial charge in [0.25, 0.3) is 0 Å². The molecule has 0 aliphatic rings. The molecule has 0 aliphatic heterocycles. The summed E-state index contributed by atoms with van der Waals surface area (Å²) < 4.78 is 5.14. The minimum Gasteiger partial charge on any atom is -0.486 e. The molecule has 0 aromatic heterocycles. The van der Waals surface area contributed by atoms with Crippen LogP contribution in [0.3, 0.4) is 0 Å². The average molecular weight is 335 g/mol. The molecule has 2 aromatic carbocycles. The Morgan fingerprint density at radius 3 is 2.41 bits per heavy atom. The molecule has 0 bridgehead atoms. The van der Waals surface area contributed by atoms with E-state index in [1.54, 1.807) is 42.5 Å². The van der Waals surface area contributed by atoms with Crippen LogP contribution >= 0.6 is 23.2 Å². The van der Waals surface area contributed by atoms with E-state index in [1.165, 1.54) is 12.1 Å². The summed E-state index contributed by atoms with van der Waals surface area (Å²) in [6.07, 6.45) is 3.83. The highest BCUT2D eigenvalue weighted by Crippen LogP contribution is 2.23. The van der Waals surface area contributed by atoms with E-state index >= 15 is 0 Å². The van der Waals surface area contributed by atoms with Gasteiger partial charge in [-0.05, 0) is 42.0 Å². The third-order valence-electron chi connectivity index (χ3n) is 2.83. The normalized spacial score (nSPS) is 10.6. The molecule has 0 heterocycles. The zero-order valence-corrected chi connectivity index (χ0v) is 13.0. The Kier molecular flexibility index (Phi) is 5.75. The molecule has 22 heavy (non-hydrogen) atoms. The molecule has 0 fully saturated rings. The number of rotatable bonds is 6. The van der Waals surface area contributed by atoms with E-state index in [0.717, 1.165) is 5.56 Å². The fourth-order valence-electron chi connectivity index (χ4n) is 1.72. The molecule has 0 N–H and O–H groups in total. The molecule has 0 unspecified atom stereocenters. The summed E-state index contributed by atoms with van der Waals surface area (Å²) in [5, 5.41) is 0.755. The van der Waals surface area contributed by atoms with Crippen LogP contribution in [-0.4, -0.2) is 18.7 Å². The largest absolute Gasteiger partial charge is 0.486 e. The molecular weight excluding hydrogens is 323 g/mol. The molecule has 3 nitrogen and oxygen atoms in total. The van der Waals surface area contributed by atoms with Gasteiger partial charge in [-0.2, -0.15) is 0 Å². The highest BCUT2D eigenvalue weighted by atomic mass is 35.5. The van der Waals surface area contributed by atoms with Gasteiger partial charge in [0.2, 0.25) is 0 Å². The van der Waals surface area contributed by atoms with Crippen LogP contribution in [0.4, 0.5) is 0 Å². The number of ketones is 1. The Balaban J connectivity index is 2.05. The van der Waals surface area contributed by atoms with Gasteiger partial charge in [0.05, 0.1) is 10.0 Å². The zero-order chi connectivity index (χ0) is 15.9. The van der Waals surface area contributed by atoms with Crippen molar-refractivity contribution in [3.05, 3.63) is 69.7 Å². The monoisotopic (exact) mass is 334 g/mol. The molecule has 0 aliphatic carbocycles. The first-order valence-corrected chi connectivity index (χ1v) is 7.19. The molecule has 0 saturated carbocycles. The highest BCUT2D eigenvalue weighted by molar-refractivity contribution is 6.42. The topological polar surface area (TPSA) is 43.4 Å². The number of hydrogen-bond donors (Lipinski definition) is 0. The number of benzene rings is 2. The fourth-order valence-corrected chi connectivity index (χ4v) is 2.02. The van der Waals surface area contributed by atoms with E-state index in [4.69, 9.17) is 27.9 Å². The van der Waals surface area contributed by atoms with Gasteiger partial charge in [-0.25, -0.2) is 0 Å². The van der Waals surface area contributed by atoms with Gasteiger partial charge in [-0.15, -0.1) is 0 Å². The molecule has 112 valence electrons. The zero-order valence-electron chi connectivity index (χ0n) is 11.5. The Bertz CT molecular complexity index is 706. The van der Waals surface area contributed by atoms with Crippen molar-refractivity contribution in [1.29, 1.82) is 0 Å². The van der Waals surface area contributed by atoms with Crippen molar-refractivity contribution in [3.63, 3.8) is 0 Å². The lowest BCUT2D eigenvalue weighted by Gasteiger charge is -2.02. The van der Waals surface area contributed by atoms with Gasteiger partial charge < -0.3 is 4.74 Å². The minimum atomic E-state index is -0.167. The Labute approximate surface area is 138 Å². The van der Waals surface area contributed by atoms with Gasteiger partial charge in [0, 0.05) is 5.56 Å². The Morgan fingerprint density at radius 1 is 1.05 bits per heavy atom. The summed E-state index contributed by atoms with van der Waals surface area (Å²) in [6.45, 7) is 0.0188. The molecule has 0 spiro atoms. The van der Waals surface area contributed by atoms with Crippen LogP contribution in [-0.2, 0) is 4.79 Å². The minimum absolute atomic E-state index is 0.0188. The maximum Gasteiger partial charge on any atom is 0.185 e. The van der Waals surface area contributed by atoms with Crippen LogP contribution < -0.4 is 4.74 Å². The molecular formula is C17H12Cl2O3. The lowest BCUT2D eigenvalue weighted by atomic mass is 10.1. The number of allylic oxidation sites excluding steroid dienone is 1. The fraction of sp³-hybridized carbons (Fsp3) is 0.0588. The van der Waals surface area contributed by atoms with Crippen molar-refractivity contribution in [2.24, 2.45) is 0 Å². The van der Waals surface area contributed by atoms with Gasteiger partial charge in [0.15, 0.2) is 12.1 Å². The van der Waals surface area contributed by atoms with Crippen molar-refractivity contribution < 1.29 is 14.3 Å². The second-order valence-corrected chi connectivity index (χ2v) is 5.19. The lowest BCUT2D eigenvalue weighted by Crippen LogP contribution is -1.97. The summed E-state index contributed by atoms with van der Waals surface area (Å²) in [6, 6.07) is 11.8. The SMILES string of the molecule is O=CCOc1ccc(/C=C/C(=O)c2ccc(Cl)c(Cl)c2)cc1. The molecule has 0 radical (unpaired) electrons. The summed E-state index contributed by atoms with van der Waals surface area (Å²) in [4.78, 5) is 22.2. The second-order valence-electron chi connectivity index (χ2n) is 4.37. The maximum atomic E-state index is 12.0. The number of carbonyl (C=O) groups is 2. The summed E-state index contributed by atoms with van der Waals surface area (Å²) in [5.74, 6) is 0.430. The van der Waals surface area contributed by atoms with E-state index in [1.807, 2.05) is 0 Å². The first kappa shape index (κ1) is 16.3. The molecule has 0 amide bonds. The van der Waals surface area contributed by atoms with Crippen LogP contribution in [0.5, 0.6) is 5.75 Å². The quantitative estimate of drug-likeness (QED) is 0.444. The molecule has 5 heteroatoms. The average Bonchev–Trinajstić information content (AvgIpc) is 2.54. The van der Waals surface area contributed by atoms with Crippen LogP contribution in [0.2, 0.25) is 10.0 Å². The van der Waals surface area contributed by atoms with Crippen molar-refractivity contribution >= 4 is 41.3 Å². The first-order chi connectivity index (χ1) is 10.6. The third-order valence-corrected chi connectivity index (χ3v) is 3.57. The van der Waals surface area contributed by atoms with E-state index in [0.29, 0.717) is 27.6 Å². The Morgan fingerprint density at radius 2 is 1.77 bits per heavy atom. The highest BCUT2D eigenvalue weighted by Gasteiger charge is 2.05. The number of hydrogen-bond acceptors (Lipinski definition) is 3. The lowest BCUT2D eigenvalue weighted by molar-refractivity contribution is -0.109. The van der Waals surface area contributed by atoms with E-state index in [2.05, 4.69) is 0 Å². The van der Waals surface area contributed by atoms with Crippen molar-refractivity contribution in [2.45, 2.75) is 0 Å². The predicted molar refractivity (Wildman–Crippen MR) is 87.8 cm³/mol. The van der Waals surface area contributed by atoms with E-state index < -0.39 is 0 Å². The van der Waals surface area contributed by atoms with Gasteiger partial charge in [-0.3, -0.25) is 9.59 Å². The number of ether oxygens (including phenoxy) is 1. The summed E-state index contributed by atoms with van der Waals surface area (Å²) >= 11 is 11.7. The first-order valence-electron chi connectivity index (χ1n) is 6.44. The summed E-state index contributed by atoms with van der Waals surface area (Å²) in [7, 11) is 0. The van der Waals surface area contributed by atoms with E-state index in [-0.39, 0.29) is 12.4 Å². The number of aldehydes is 1. The molecule has 2 aromatic rings. The van der Waals surface area contributed by atoms with Crippen molar-refractivity contribution in [3.8, 4) is 5.75 Å². The number of carbonyl (C=O) groups excluding carboxylic acids is 2. The van der Waals surface area contributed by atoms with Gasteiger partial charge in [0.1, 0.15) is 12.4 Å². The standard InChI is InChI=1S/C17H12Cl2O3/c18-15-7-4-13(11-16(15)19)17(21)8-3-12-1-5-14(6-2-12)22-10-9-20/h1-9,11H,10H2/b8-3+. The molecule has 0 saturated heterocycles. The smallest absolute Gasteiger partial charge is 0.185 e. The molecule has 2 rings (SSSR count). The van der Waals surface area contributed by atoms with Crippen LogP contribution in [0.15, 0.2) is 48.5 Å². The van der Waals surface area contributed by atoms with Crippen LogP contribution in [0.25, 0.3) is 6.08 Å². The maximum absolute atomic E-state index is 12.0. The predicted octanol–water partition coefficient (Wildman–Crippen LogP) is 4.47. The van der Waals surface area contributed by atoms with E-state index in [9.17, 15) is 9.59 Å². The number of halogens is 2. The van der Waals surface area contributed by atoms with Crippen LogP contribution in [0, 0.1) is 0 Å².